The highest BCUT2D eigenvalue weighted by molar-refractivity contribution is 6.09. The van der Waals surface area contributed by atoms with Crippen LogP contribution in [0.1, 0.15) is 54.2 Å². The summed E-state index contributed by atoms with van der Waals surface area (Å²) >= 11 is 0. The fourth-order valence-corrected chi connectivity index (χ4v) is 5.59. The van der Waals surface area contributed by atoms with Crippen molar-refractivity contribution in [1.29, 1.82) is 0 Å². The molecule has 0 amide bonds. The van der Waals surface area contributed by atoms with Crippen LogP contribution in [0, 0.1) is 5.92 Å². The number of hydrogen-bond acceptors (Lipinski definition) is 6. The highest BCUT2D eigenvalue weighted by Gasteiger charge is 2.34. The quantitative estimate of drug-likeness (QED) is 0.278. The van der Waals surface area contributed by atoms with Gasteiger partial charge in [0.1, 0.15) is 6.61 Å². The number of rotatable bonds is 5. The number of benzene rings is 2. The molecule has 7 nitrogen and oxygen atoms in total. The molecule has 0 saturated carbocycles. The normalized spacial score (nSPS) is 16.5. The maximum Gasteiger partial charge on any atom is 0.340 e. The van der Waals surface area contributed by atoms with Crippen LogP contribution in [0.3, 0.4) is 0 Å². The Morgan fingerprint density at radius 3 is 2.76 bits per heavy atom. The smallest absolute Gasteiger partial charge is 0.340 e. The summed E-state index contributed by atoms with van der Waals surface area (Å²) in [5.74, 6) is -0.364. The third kappa shape index (κ3) is 3.77. The van der Waals surface area contributed by atoms with Crippen molar-refractivity contribution >= 4 is 33.7 Å². The molecule has 0 radical (unpaired) electrons. The second kappa shape index (κ2) is 8.94. The molecule has 0 bridgehead atoms. The number of ether oxygens (including phenoxy) is 1. The third-order valence-electron chi connectivity index (χ3n) is 7.30. The Labute approximate surface area is 213 Å². The molecule has 6 rings (SSSR count). The van der Waals surface area contributed by atoms with E-state index in [9.17, 15) is 14.7 Å². The molecule has 4 aromatic rings. The minimum atomic E-state index is -1.47. The molecule has 2 aliphatic heterocycles. The Morgan fingerprint density at radius 2 is 1.97 bits per heavy atom. The van der Waals surface area contributed by atoms with Crippen LogP contribution in [-0.2, 0) is 29.1 Å². The standard InChI is InChI=1S/C30H28N2O5/c1-16(2)11-20-22-14-32-25(13-21-23(29(32)35)15-37-30(36)28(21)34)27(22)31-24-9-8-18-7-6-17(5-3-4-10-33)12-19(18)26(20)24/h3,5-9,12-13,16,28,33-34H,4,10-11,14-15H2,1-2H3/b5-3+. The lowest BCUT2D eigenvalue weighted by Crippen LogP contribution is -2.32. The first-order chi connectivity index (χ1) is 17.9. The molecular weight excluding hydrogens is 468 g/mol. The molecule has 188 valence electrons. The van der Waals surface area contributed by atoms with Gasteiger partial charge in [-0.1, -0.05) is 44.2 Å². The van der Waals surface area contributed by atoms with Gasteiger partial charge in [0.2, 0.25) is 0 Å². The van der Waals surface area contributed by atoms with Crippen molar-refractivity contribution in [2.45, 2.75) is 45.9 Å². The van der Waals surface area contributed by atoms with Crippen molar-refractivity contribution in [3.63, 3.8) is 0 Å². The molecule has 2 aromatic carbocycles. The molecule has 2 N–H and O–H groups in total. The first kappa shape index (κ1) is 23.6. The molecule has 0 saturated heterocycles. The van der Waals surface area contributed by atoms with Crippen LogP contribution in [0.15, 0.2) is 47.3 Å². The predicted molar refractivity (Wildman–Crippen MR) is 142 cm³/mol. The average Bonchev–Trinajstić information content (AvgIpc) is 3.25. The lowest BCUT2D eigenvalue weighted by atomic mass is 9.90. The van der Waals surface area contributed by atoms with E-state index in [0.717, 1.165) is 44.9 Å². The molecule has 1 atom stereocenters. The zero-order valence-corrected chi connectivity index (χ0v) is 20.8. The van der Waals surface area contributed by atoms with Gasteiger partial charge >= 0.3 is 5.97 Å². The van der Waals surface area contributed by atoms with Gasteiger partial charge in [-0.05, 0) is 58.9 Å². The van der Waals surface area contributed by atoms with E-state index >= 15 is 0 Å². The number of aromatic nitrogens is 2. The zero-order valence-electron chi connectivity index (χ0n) is 20.8. The van der Waals surface area contributed by atoms with E-state index < -0.39 is 12.1 Å². The van der Waals surface area contributed by atoms with Gasteiger partial charge < -0.3 is 19.5 Å². The Hall–Kier alpha value is -3.81. The van der Waals surface area contributed by atoms with Gasteiger partial charge in [0.25, 0.3) is 5.56 Å². The summed E-state index contributed by atoms with van der Waals surface area (Å²) in [7, 11) is 0. The highest BCUT2D eigenvalue weighted by atomic mass is 16.5. The second-order valence-electron chi connectivity index (χ2n) is 10.2. The summed E-state index contributed by atoms with van der Waals surface area (Å²) in [4.78, 5) is 30.5. The first-order valence-electron chi connectivity index (χ1n) is 12.6. The average molecular weight is 497 g/mol. The van der Waals surface area contributed by atoms with E-state index in [0.29, 0.717) is 35.7 Å². The lowest BCUT2D eigenvalue weighted by Gasteiger charge is -2.21. The Balaban J connectivity index is 1.62. The van der Waals surface area contributed by atoms with Crippen molar-refractivity contribution in [2.75, 3.05) is 6.61 Å². The van der Waals surface area contributed by atoms with E-state index in [1.165, 1.54) is 5.56 Å². The van der Waals surface area contributed by atoms with E-state index in [-0.39, 0.29) is 18.8 Å². The largest absolute Gasteiger partial charge is 0.458 e. The van der Waals surface area contributed by atoms with Gasteiger partial charge in [0.15, 0.2) is 6.10 Å². The van der Waals surface area contributed by atoms with Gasteiger partial charge in [-0.3, -0.25) is 4.79 Å². The van der Waals surface area contributed by atoms with Crippen molar-refractivity contribution in [2.24, 2.45) is 5.92 Å². The monoisotopic (exact) mass is 496 g/mol. The molecule has 1 unspecified atom stereocenters. The third-order valence-corrected chi connectivity index (χ3v) is 7.30. The van der Waals surface area contributed by atoms with E-state index in [2.05, 4.69) is 38.1 Å². The number of hydrogen-bond donors (Lipinski definition) is 2. The van der Waals surface area contributed by atoms with Crippen LogP contribution in [0.2, 0.25) is 0 Å². The van der Waals surface area contributed by atoms with E-state index in [1.54, 1.807) is 10.6 Å². The minimum Gasteiger partial charge on any atom is -0.458 e. The zero-order chi connectivity index (χ0) is 25.8. The van der Waals surface area contributed by atoms with Crippen LogP contribution in [0.5, 0.6) is 0 Å². The number of esters is 1. The van der Waals surface area contributed by atoms with Gasteiger partial charge in [0, 0.05) is 23.1 Å². The molecular formula is C30H28N2O5. The summed E-state index contributed by atoms with van der Waals surface area (Å²) < 4.78 is 6.72. The molecule has 37 heavy (non-hydrogen) atoms. The van der Waals surface area contributed by atoms with Crippen molar-refractivity contribution in [1.82, 2.24) is 9.55 Å². The predicted octanol–water partition coefficient (Wildman–Crippen LogP) is 4.26. The summed E-state index contributed by atoms with van der Waals surface area (Å²) in [6, 6.07) is 12.2. The van der Waals surface area contributed by atoms with Crippen LogP contribution < -0.4 is 5.56 Å². The number of cyclic esters (lactones) is 1. The molecule has 2 aromatic heterocycles. The van der Waals surface area contributed by atoms with Gasteiger partial charge in [-0.2, -0.15) is 0 Å². The molecule has 0 fully saturated rings. The Morgan fingerprint density at radius 1 is 1.16 bits per heavy atom. The number of aliphatic hydroxyl groups is 2. The van der Waals surface area contributed by atoms with Gasteiger partial charge in [-0.15, -0.1) is 0 Å². The summed E-state index contributed by atoms with van der Waals surface area (Å²) in [5, 5.41) is 22.9. The van der Waals surface area contributed by atoms with Gasteiger partial charge in [-0.25, -0.2) is 9.78 Å². The van der Waals surface area contributed by atoms with E-state index in [4.69, 9.17) is 14.8 Å². The first-order valence-corrected chi connectivity index (χ1v) is 12.6. The van der Waals surface area contributed by atoms with Crippen molar-refractivity contribution in [3.8, 4) is 11.4 Å². The molecule has 4 heterocycles. The van der Waals surface area contributed by atoms with Crippen LogP contribution in [0.25, 0.3) is 39.1 Å². The molecule has 0 spiro atoms. The van der Waals surface area contributed by atoms with Gasteiger partial charge in [0.05, 0.1) is 29.0 Å². The van der Waals surface area contributed by atoms with Crippen LogP contribution in [-0.4, -0.2) is 32.3 Å². The minimum absolute atomic E-state index is 0.113. The van der Waals surface area contributed by atoms with Crippen LogP contribution in [0.4, 0.5) is 0 Å². The van der Waals surface area contributed by atoms with Crippen molar-refractivity contribution < 1.29 is 19.7 Å². The highest BCUT2D eigenvalue weighted by Crippen LogP contribution is 2.40. The maximum atomic E-state index is 13.4. The lowest BCUT2D eigenvalue weighted by molar-refractivity contribution is -0.157. The molecule has 0 aliphatic carbocycles. The second-order valence-corrected chi connectivity index (χ2v) is 10.2. The number of nitrogens with zero attached hydrogens (tertiary/aromatic N) is 2. The number of aliphatic hydroxyl groups excluding tert-OH is 2. The Bertz CT molecular complexity index is 1680. The number of carbonyl (C=O) groups is 1. The fraction of sp³-hybridized carbons (Fsp3) is 0.300. The fourth-order valence-electron chi connectivity index (χ4n) is 5.59. The Kier molecular flexibility index (Phi) is 5.70. The van der Waals surface area contributed by atoms with Crippen molar-refractivity contribution in [3.05, 3.63) is 80.6 Å². The molecule has 7 heteroatoms. The van der Waals surface area contributed by atoms with Crippen LogP contribution >= 0.6 is 0 Å². The summed E-state index contributed by atoms with van der Waals surface area (Å²) in [5.41, 5.74) is 5.81. The maximum absolute atomic E-state index is 13.4. The molecule has 2 aliphatic rings. The number of pyridine rings is 2. The number of fused-ring (bicyclic) bond motifs is 7. The summed E-state index contributed by atoms with van der Waals surface area (Å²) in [6.07, 6.45) is 3.93. The number of carbonyl (C=O) groups excluding carboxylic acids is 1. The van der Waals surface area contributed by atoms with E-state index in [1.807, 2.05) is 18.2 Å². The SMILES string of the molecule is CC(C)Cc1c2c(nc3ccc4ccc(/C=C/CCO)cc4c13)-c1cc3c(c(=O)n1C2)COC(=O)C3O. The summed E-state index contributed by atoms with van der Waals surface area (Å²) in [6.45, 7) is 4.73. The topological polar surface area (TPSA) is 102 Å².